The Morgan fingerprint density at radius 2 is 1.82 bits per heavy atom. The molecule has 4 aliphatic carbocycles. The molecule has 1 aromatic rings. The Morgan fingerprint density at radius 1 is 1.00 bits per heavy atom. The van der Waals surface area contributed by atoms with Crippen molar-refractivity contribution < 1.29 is 19.7 Å². The third-order valence-electron chi connectivity index (χ3n) is 11.6. The van der Waals surface area contributed by atoms with Crippen molar-refractivity contribution in [3.8, 4) is 11.5 Å². The molecule has 4 fully saturated rings. The molecule has 0 unspecified atom stereocenters. The quantitative estimate of drug-likeness (QED) is 0.423. The Balaban J connectivity index is 1.20. The van der Waals surface area contributed by atoms with Crippen molar-refractivity contribution in [2.45, 2.75) is 90.3 Å². The van der Waals surface area contributed by atoms with E-state index in [4.69, 9.17) is 9.47 Å². The van der Waals surface area contributed by atoms with Crippen molar-refractivity contribution in [1.82, 2.24) is 4.90 Å². The Hall–Kier alpha value is -1.82. The molecule has 5 aliphatic rings. The number of aliphatic hydroxyl groups is 2. The van der Waals surface area contributed by atoms with Gasteiger partial charge in [-0.2, -0.15) is 0 Å². The van der Waals surface area contributed by atoms with Crippen LogP contribution in [0.5, 0.6) is 11.5 Å². The topological polar surface area (TPSA) is 62.2 Å². The van der Waals surface area contributed by atoms with E-state index in [9.17, 15) is 10.2 Å². The average molecular weight is 536 g/mol. The zero-order chi connectivity index (χ0) is 27.2. The summed E-state index contributed by atoms with van der Waals surface area (Å²) in [5, 5.41) is 22.0. The van der Waals surface area contributed by atoms with E-state index in [1.54, 1.807) is 7.11 Å². The smallest absolute Gasteiger partial charge is 0.161 e. The van der Waals surface area contributed by atoms with E-state index < -0.39 is 6.10 Å². The van der Waals surface area contributed by atoms with Crippen LogP contribution in [0.25, 0.3) is 6.08 Å². The molecule has 0 amide bonds. The Kier molecular flexibility index (Phi) is 7.62. The van der Waals surface area contributed by atoms with Gasteiger partial charge in [0.1, 0.15) is 6.61 Å². The van der Waals surface area contributed by atoms with Gasteiger partial charge in [0.25, 0.3) is 0 Å². The molecule has 39 heavy (non-hydrogen) atoms. The maximum atomic E-state index is 11.7. The van der Waals surface area contributed by atoms with Crippen LogP contribution in [0.4, 0.5) is 0 Å². The normalized spacial score (nSPS) is 39.5. The molecule has 0 aromatic heterocycles. The van der Waals surface area contributed by atoms with Crippen LogP contribution < -0.4 is 9.47 Å². The molecular weight excluding hydrogens is 486 g/mol. The second kappa shape index (κ2) is 10.9. The highest BCUT2D eigenvalue weighted by atomic mass is 16.5. The highest BCUT2D eigenvalue weighted by Gasteiger charge is 2.59. The van der Waals surface area contributed by atoms with E-state index in [2.05, 4.69) is 43.0 Å². The monoisotopic (exact) mass is 535 g/mol. The summed E-state index contributed by atoms with van der Waals surface area (Å²) in [4.78, 5) is 2.49. The van der Waals surface area contributed by atoms with Gasteiger partial charge >= 0.3 is 0 Å². The van der Waals surface area contributed by atoms with Crippen LogP contribution in [0.1, 0.15) is 83.6 Å². The highest BCUT2D eigenvalue weighted by Crippen LogP contribution is 2.65. The zero-order valence-electron chi connectivity index (χ0n) is 24.3. The fourth-order valence-corrected chi connectivity index (χ4v) is 9.22. The molecule has 0 radical (unpaired) electrons. The van der Waals surface area contributed by atoms with Crippen molar-refractivity contribution in [1.29, 1.82) is 0 Å². The van der Waals surface area contributed by atoms with Gasteiger partial charge in [-0.05, 0) is 117 Å². The number of fused-ring (bicyclic) bond motifs is 5. The maximum Gasteiger partial charge on any atom is 0.161 e. The lowest BCUT2D eigenvalue weighted by Crippen LogP contribution is -2.51. The summed E-state index contributed by atoms with van der Waals surface area (Å²) in [6.45, 7) is 8.76. The lowest BCUT2D eigenvalue weighted by molar-refractivity contribution is -0.0685. The fraction of sp³-hybridized carbons (Fsp3) is 0.706. The first kappa shape index (κ1) is 27.4. The van der Waals surface area contributed by atoms with Crippen molar-refractivity contribution >= 4 is 6.08 Å². The lowest BCUT2D eigenvalue weighted by Gasteiger charge is -2.57. The summed E-state index contributed by atoms with van der Waals surface area (Å²) in [6.07, 6.45) is 15.3. The van der Waals surface area contributed by atoms with Crippen molar-refractivity contribution in [3.05, 3.63) is 41.0 Å². The van der Waals surface area contributed by atoms with E-state index in [1.165, 1.54) is 49.9 Å². The predicted octanol–water partition coefficient (Wildman–Crippen LogP) is 6.24. The van der Waals surface area contributed by atoms with Crippen LogP contribution in [0.15, 0.2) is 35.4 Å². The second-order valence-electron chi connectivity index (χ2n) is 13.7. The Morgan fingerprint density at radius 3 is 2.62 bits per heavy atom. The molecule has 1 heterocycles. The molecule has 7 atom stereocenters. The SMILES string of the molecule is COc1ccc(/C=C2\C[C@H]3[C@@H]4CC=C5C[C@@H](O)CC[C@]5(C)[C@H]4CC[C@]3(C)[C@H]2O)cc1OCCN1CCCCC1. The molecule has 0 bridgehead atoms. The van der Waals surface area contributed by atoms with Gasteiger partial charge in [0.2, 0.25) is 0 Å². The van der Waals surface area contributed by atoms with Crippen molar-refractivity contribution in [2.24, 2.45) is 28.6 Å². The van der Waals surface area contributed by atoms with Gasteiger partial charge in [0.05, 0.1) is 19.3 Å². The molecule has 0 spiro atoms. The van der Waals surface area contributed by atoms with E-state index in [0.29, 0.717) is 24.4 Å². The largest absolute Gasteiger partial charge is 0.493 e. The first-order valence-corrected chi connectivity index (χ1v) is 15.6. The number of nitrogens with zero attached hydrogens (tertiary/aromatic N) is 1. The first-order valence-electron chi connectivity index (χ1n) is 15.6. The van der Waals surface area contributed by atoms with Gasteiger partial charge in [0, 0.05) is 12.0 Å². The number of methoxy groups -OCH3 is 1. The summed E-state index contributed by atoms with van der Waals surface area (Å²) in [6, 6.07) is 6.18. The van der Waals surface area contributed by atoms with Crippen molar-refractivity contribution in [3.63, 3.8) is 0 Å². The van der Waals surface area contributed by atoms with Crippen molar-refractivity contribution in [2.75, 3.05) is 33.4 Å². The number of rotatable bonds is 6. The van der Waals surface area contributed by atoms with Gasteiger partial charge in [-0.1, -0.05) is 44.1 Å². The molecule has 214 valence electrons. The van der Waals surface area contributed by atoms with Gasteiger partial charge in [-0.25, -0.2) is 0 Å². The molecule has 2 N–H and O–H groups in total. The molecular formula is C34H49NO4. The highest BCUT2D eigenvalue weighted by molar-refractivity contribution is 5.60. The zero-order valence-corrected chi connectivity index (χ0v) is 24.3. The molecule has 1 aromatic carbocycles. The minimum absolute atomic E-state index is 0.0663. The van der Waals surface area contributed by atoms with Gasteiger partial charge in [0.15, 0.2) is 11.5 Å². The Bertz CT molecular complexity index is 1110. The summed E-state index contributed by atoms with van der Waals surface area (Å²) in [7, 11) is 1.70. The minimum Gasteiger partial charge on any atom is -0.493 e. The minimum atomic E-state index is -0.402. The van der Waals surface area contributed by atoms with E-state index in [-0.39, 0.29) is 16.9 Å². The number of benzene rings is 1. The first-order chi connectivity index (χ1) is 18.8. The number of allylic oxidation sites excluding steroid dienone is 1. The second-order valence-corrected chi connectivity index (χ2v) is 13.7. The molecule has 5 heteroatoms. The Labute approximate surface area is 235 Å². The number of piperidine rings is 1. The van der Waals surface area contributed by atoms with E-state index >= 15 is 0 Å². The number of hydrogen-bond acceptors (Lipinski definition) is 5. The van der Waals surface area contributed by atoms with Gasteiger partial charge < -0.3 is 19.7 Å². The predicted molar refractivity (Wildman–Crippen MR) is 156 cm³/mol. The number of hydrogen-bond donors (Lipinski definition) is 2. The molecule has 5 nitrogen and oxygen atoms in total. The van der Waals surface area contributed by atoms with Crippen LogP contribution >= 0.6 is 0 Å². The van der Waals surface area contributed by atoms with Crippen LogP contribution in [0.2, 0.25) is 0 Å². The average Bonchev–Trinajstić information content (AvgIpc) is 3.19. The summed E-state index contributed by atoms with van der Waals surface area (Å²) in [5.74, 6) is 3.32. The molecule has 1 saturated heterocycles. The molecule has 3 saturated carbocycles. The number of ether oxygens (including phenoxy) is 2. The lowest BCUT2D eigenvalue weighted by atomic mass is 9.48. The van der Waals surface area contributed by atoms with Crippen LogP contribution in [-0.2, 0) is 0 Å². The summed E-state index contributed by atoms with van der Waals surface area (Å²) in [5.41, 5.74) is 3.91. The fourth-order valence-electron chi connectivity index (χ4n) is 9.22. The van der Waals surface area contributed by atoms with Gasteiger partial charge in [-0.15, -0.1) is 0 Å². The van der Waals surface area contributed by atoms with E-state index in [1.807, 2.05) is 6.07 Å². The number of likely N-dealkylation sites (tertiary alicyclic amines) is 1. The standard InChI is InChI=1S/C34H49NO4/c1-33-13-11-26(36)22-25(33)8-9-27-28(33)12-14-34(2)29(27)21-24(32(34)37)19-23-7-10-30(38-3)31(20-23)39-18-17-35-15-5-4-6-16-35/h7-8,10,19-20,26-29,32,36-37H,4-6,9,11-18,21-22H2,1-3H3/b24-19+/t26-,27+,28-,29-,32-,33-,34-/m0/s1. The summed E-state index contributed by atoms with van der Waals surface area (Å²) < 4.78 is 11.9. The van der Waals surface area contributed by atoms with E-state index in [0.717, 1.165) is 62.1 Å². The van der Waals surface area contributed by atoms with Crippen LogP contribution in [-0.4, -0.2) is 60.7 Å². The summed E-state index contributed by atoms with van der Waals surface area (Å²) >= 11 is 0. The maximum absolute atomic E-state index is 11.7. The van der Waals surface area contributed by atoms with Crippen LogP contribution in [0, 0.1) is 28.6 Å². The molecule has 1 aliphatic heterocycles. The third kappa shape index (κ3) is 4.97. The number of aliphatic hydroxyl groups excluding tert-OH is 2. The molecule has 6 rings (SSSR count). The third-order valence-corrected chi connectivity index (χ3v) is 11.6. The van der Waals surface area contributed by atoms with Gasteiger partial charge in [-0.3, -0.25) is 4.90 Å². The van der Waals surface area contributed by atoms with Crippen LogP contribution in [0.3, 0.4) is 0 Å².